The fraction of sp³-hybridized carbons (Fsp3) is 0.333. The van der Waals surface area contributed by atoms with Gasteiger partial charge in [-0.25, -0.2) is 0 Å². The molecular weight excluding hydrogens is 172 g/mol. The quantitative estimate of drug-likeness (QED) is 0.481. The number of hydrogen-bond donors (Lipinski definition) is 0. The van der Waals surface area contributed by atoms with Crippen molar-refractivity contribution < 1.29 is 0 Å². The molecule has 62 valence electrons. The number of nitrogens with zero attached hydrogens (tertiary/aromatic N) is 2. The SMILES string of the molecule is ClC1CCC(c2cccnc2)=N1. The fourth-order valence-corrected chi connectivity index (χ4v) is 1.53. The van der Waals surface area contributed by atoms with E-state index in [0.717, 1.165) is 24.1 Å². The van der Waals surface area contributed by atoms with Gasteiger partial charge in [-0.2, -0.15) is 0 Å². The third-order valence-corrected chi connectivity index (χ3v) is 2.23. The average molecular weight is 181 g/mol. The van der Waals surface area contributed by atoms with Crippen LogP contribution in [0.4, 0.5) is 0 Å². The summed E-state index contributed by atoms with van der Waals surface area (Å²) in [6.45, 7) is 0. The molecule has 1 aromatic heterocycles. The predicted molar refractivity (Wildman–Crippen MR) is 49.6 cm³/mol. The number of halogens is 1. The lowest BCUT2D eigenvalue weighted by Crippen LogP contribution is -1.95. The van der Waals surface area contributed by atoms with E-state index >= 15 is 0 Å². The van der Waals surface area contributed by atoms with Crippen molar-refractivity contribution in [2.24, 2.45) is 4.99 Å². The Hall–Kier alpha value is -0.890. The van der Waals surface area contributed by atoms with Crippen molar-refractivity contribution in [2.45, 2.75) is 18.3 Å². The van der Waals surface area contributed by atoms with E-state index in [2.05, 4.69) is 9.98 Å². The average Bonchev–Trinajstić information content (AvgIpc) is 2.54. The maximum absolute atomic E-state index is 5.85. The number of aliphatic imine (C=N–C) groups is 1. The Bertz CT molecular complexity index is 295. The van der Waals surface area contributed by atoms with Gasteiger partial charge in [-0.05, 0) is 18.9 Å². The van der Waals surface area contributed by atoms with Crippen molar-refractivity contribution in [3.05, 3.63) is 30.1 Å². The molecule has 1 aliphatic heterocycles. The zero-order valence-corrected chi connectivity index (χ0v) is 7.33. The lowest BCUT2D eigenvalue weighted by atomic mass is 10.1. The molecule has 1 atom stereocenters. The standard InChI is InChI=1S/C9H9ClN2/c10-9-4-3-8(12-9)7-2-1-5-11-6-7/h1-2,5-6,9H,3-4H2. The molecule has 0 bridgehead atoms. The van der Waals surface area contributed by atoms with Crippen LogP contribution in [0.25, 0.3) is 0 Å². The molecule has 0 aliphatic carbocycles. The first-order valence-corrected chi connectivity index (χ1v) is 4.41. The Kier molecular flexibility index (Phi) is 2.09. The van der Waals surface area contributed by atoms with E-state index < -0.39 is 0 Å². The molecular formula is C9H9ClN2. The van der Waals surface area contributed by atoms with Gasteiger partial charge in [-0.1, -0.05) is 17.7 Å². The first-order valence-electron chi connectivity index (χ1n) is 3.97. The van der Waals surface area contributed by atoms with Gasteiger partial charge in [0.25, 0.3) is 0 Å². The van der Waals surface area contributed by atoms with Crippen LogP contribution >= 0.6 is 11.6 Å². The Morgan fingerprint density at radius 2 is 2.42 bits per heavy atom. The van der Waals surface area contributed by atoms with E-state index in [1.54, 1.807) is 6.20 Å². The molecule has 2 rings (SSSR count). The number of pyridine rings is 1. The zero-order valence-electron chi connectivity index (χ0n) is 6.57. The number of aromatic nitrogens is 1. The van der Waals surface area contributed by atoms with Gasteiger partial charge < -0.3 is 0 Å². The third-order valence-electron chi connectivity index (χ3n) is 1.91. The first kappa shape index (κ1) is 7.74. The fourth-order valence-electron chi connectivity index (χ4n) is 1.31. The molecule has 0 N–H and O–H groups in total. The van der Waals surface area contributed by atoms with E-state index in [-0.39, 0.29) is 5.50 Å². The van der Waals surface area contributed by atoms with Crippen LogP contribution in [0.2, 0.25) is 0 Å². The molecule has 12 heavy (non-hydrogen) atoms. The molecule has 0 saturated heterocycles. The van der Waals surface area contributed by atoms with Crippen LogP contribution in [0.5, 0.6) is 0 Å². The van der Waals surface area contributed by atoms with Crippen LogP contribution in [0.15, 0.2) is 29.5 Å². The van der Waals surface area contributed by atoms with Crippen molar-refractivity contribution in [1.29, 1.82) is 0 Å². The van der Waals surface area contributed by atoms with Crippen LogP contribution in [0, 0.1) is 0 Å². The van der Waals surface area contributed by atoms with Gasteiger partial charge in [-0.3, -0.25) is 9.98 Å². The number of hydrogen-bond acceptors (Lipinski definition) is 2. The molecule has 1 unspecified atom stereocenters. The van der Waals surface area contributed by atoms with E-state index in [1.165, 1.54) is 0 Å². The Morgan fingerprint density at radius 3 is 3.00 bits per heavy atom. The highest BCUT2D eigenvalue weighted by Gasteiger charge is 2.15. The number of rotatable bonds is 1. The zero-order chi connectivity index (χ0) is 8.39. The summed E-state index contributed by atoms with van der Waals surface area (Å²) in [6, 6.07) is 3.93. The number of alkyl halides is 1. The molecule has 1 aromatic rings. The van der Waals surface area contributed by atoms with Crippen LogP contribution < -0.4 is 0 Å². The van der Waals surface area contributed by atoms with Gasteiger partial charge in [0.1, 0.15) is 5.50 Å². The van der Waals surface area contributed by atoms with Gasteiger partial charge in [0.05, 0.1) is 0 Å². The summed E-state index contributed by atoms with van der Waals surface area (Å²) in [5.41, 5.74) is 2.16. The molecule has 0 aromatic carbocycles. The highest BCUT2D eigenvalue weighted by atomic mass is 35.5. The van der Waals surface area contributed by atoms with Crippen molar-refractivity contribution in [1.82, 2.24) is 4.98 Å². The van der Waals surface area contributed by atoms with Crippen LogP contribution in [0.1, 0.15) is 18.4 Å². The Labute approximate surface area is 76.3 Å². The van der Waals surface area contributed by atoms with E-state index in [9.17, 15) is 0 Å². The van der Waals surface area contributed by atoms with Crippen LogP contribution in [-0.4, -0.2) is 16.2 Å². The predicted octanol–water partition coefficient (Wildman–Crippen LogP) is 2.23. The summed E-state index contributed by atoms with van der Waals surface area (Å²) in [5, 5.41) is 0. The van der Waals surface area contributed by atoms with Gasteiger partial charge in [0.2, 0.25) is 0 Å². The minimum Gasteiger partial charge on any atom is -0.270 e. The molecule has 2 nitrogen and oxygen atoms in total. The van der Waals surface area contributed by atoms with E-state index in [4.69, 9.17) is 11.6 Å². The van der Waals surface area contributed by atoms with Crippen molar-refractivity contribution in [3.8, 4) is 0 Å². The summed E-state index contributed by atoms with van der Waals surface area (Å²) >= 11 is 5.85. The summed E-state index contributed by atoms with van der Waals surface area (Å²) in [7, 11) is 0. The normalized spacial score (nSPS) is 22.4. The topological polar surface area (TPSA) is 25.2 Å². The van der Waals surface area contributed by atoms with Crippen molar-refractivity contribution in [3.63, 3.8) is 0 Å². The second-order valence-corrected chi connectivity index (χ2v) is 3.29. The molecule has 1 aliphatic rings. The van der Waals surface area contributed by atoms with Gasteiger partial charge in [0, 0.05) is 23.7 Å². The van der Waals surface area contributed by atoms with Crippen LogP contribution in [0.3, 0.4) is 0 Å². The highest BCUT2D eigenvalue weighted by molar-refractivity contribution is 6.22. The lowest BCUT2D eigenvalue weighted by molar-refractivity contribution is 0.881. The second-order valence-electron chi connectivity index (χ2n) is 2.79. The van der Waals surface area contributed by atoms with Crippen molar-refractivity contribution >= 4 is 17.3 Å². The maximum atomic E-state index is 5.85. The lowest BCUT2D eigenvalue weighted by Gasteiger charge is -1.96. The molecule has 0 amide bonds. The molecule has 0 radical (unpaired) electrons. The monoisotopic (exact) mass is 180 g/mol. The van der Waals surface area contributed by atoms with Gasteiger partial charge in [-0.15, -0.1) is 0 Å². The van der Waals surface area contributed by atoms with Crippen molar-refractivity contribution in [2.75, 3.05) is 0 Å². The summed E-state index contributed by atoms with van der Waals surface area (Å²) in [4.78, 5) is 8.33. The van der Waals surface area contributed by atoms with Gasteiger partial charge in [0.15, 0.2) is 0 Å². The minimum absolute atomic E-state index is 0.0276. The second kappa shape index (κ2) is 3.23. The minimum atomic E-state index is -0.0276. The largest absolute Gasteiger partial charge is 0.270 e. The van der Waals surface area contributed by atoms with Gasteiger partial charge >= 0.3 is 0 Å². The summed E-state index contributed by atoms with van der Waals surface area (Å²) < 4.78 is 0. The maximum Gasteiger partial charge on any atom is 0.124 e. The van der Waals surface area contributed by atoms with E-state index in [0.29, 0.717) is 0 Å². The molecule has 3 heteroatoms. The first-order chi connectivity index (χ1) is 5.86. The summed E-state index contributed by atoms with van der Waals surface area (Å²) in [6.07, 6.45) is 5.51. The van der Waals surface area contributed by atoms with E-state index in [1.807, 2.05) is 18.3 Å². The highest BCUT2D eigenvalue weighted by Crippen LogP contribution is 2.20. The molecule has 0 saturated carbocycles. The molecule has 2 heterocycles. The smallest absolute Gasteiger partial charge is 0.124 e. The Balaban J connectivity index is 2.27. The molecule has 0 spiro atoms. The van der Waals surface area contributed by atoms with Crippen LogP contribution in [-0.2, 0) is 0 Å². The summed E-state index contributed by atoms with van der Waals surface area (Å²) in [5.74, 6) is 0. The molecule has 0 fully saturated rings. The third kappa shape index (κ3) is 1.48. The Morgan fingerprint density at radius 1 is 1.50 bits per heavy atom.